The van der Waals surface area contributed by atoms with Gasteiger partial charge in [0.05, 0.1) is 22.7 Å². The van der Waals surface area contributed by atoms with Crippen molar-refractivity contribution in [3.05, 3.63) is 34.5 Å². The molecule has 0 N–H and O–H groups in total. The molecule has 3 heteroatoms. The summed E-state index contributed by atoms with van der Waals surface area (Å²) < 4.78 is 5.64. The number of para-hydroxylation sites is 1. The molecule has 0 aliphatic heterocycles. The van der Waals surface area contributed by atoms with Gasteiger partial charge in [0, 0.05) is 5.56 Å². The molecule has 2 nitrogen and oxygen atoms in total. The van der Waals surface area contributed by atoms with Gasteiger partial charge in [-0.1, -0.05) is 26.0 Å². The monoisotopic (exact) mass is 261 g/mol. The smallest absolute Gasteiger partial charge is 0.131 e. The van der Waals surface area contributed by atoms with E-state index in [0.717, 1.165) is 22.0 Å². The largest absolute Gasteiger partial charge is 0.496 e. The van der Waals surface area contributed by atoms with E-state index in [-0.39, 0.29) is 0 Å². The summed E-state index contributed by atoms with van der Waals surface area (Å²) in [6, 6.07) is 6.35. The number of benzene rings is 1. The van der Waals surface area contributed by atoms with Gasteiger partial charge in [0.1, 0.15) is 5.75 Å². The molecule has 1 aromatic heterocycles. The van der Waals surface area contributed by atoms with Crippen molar-refractivity contribution in [2.45, 2.75) is 33.6 Å². The highest BCUT2D eigenvalue weighted by molar-refractivity contribution is 7.15. The summed E-state index contributed by atoms with van der Waals surface area (Å²) in [7, 11) is 1.74. The molecule has 0 spiro atoms. The molecule has 0 fully saturated rings. The number of thiazole rings is 1. The molecule has 0 bridgehead atoms. The summed E-state index contributed by atoms with van der Waals surface area (Å²) >= 11 is 1.73. The Labute approximate surface area is 113 Å². The summed E-state index contributed by atoms with van der Waals surface area (Å²) in [5.41, 5.74) is 3.49. The van der Waals surface area contributed by atoms with Crippen molar-refractivity contribution in [2.24, 2.45) is 0 Å². The molecule has 0 unspecified atom stereocenters. The minimum Gasteiger partial charge on any atom is -0.496 e. The Morgan fingerprint density at radius 1 is 1.22 bits per heavy atom. The van der Waals surface area contributed by atoms with Crippen molar-refractivity contribution in [1.29, 1.82) is 0 Å². The second-order valence-corrected chi connectivity index (χ2v) is 5.93. The molecule has 1 heterocycles. The molecule has 96 valence electrons. The Morgan fingerprint density at radius 3 is 2.44 bits per heavy atom. The highest BCUT2D eigenvalue weighted by atomic mass is 32.1. The van der Waals surface area contributed by atoms with Crippen LogP contribution in [0.15, 0.2) is 18.2 Å². The van der Waals surface area contributed by atoms with E-state index < -0.39 is 0 Å². The van der Waals surface area contributed by atoms with Crippen LogP contribution in [0.2, 0.25) is 0 Å². The Kier molecular flexibility index (Phi) is 3.71. The average molecular weight is 261 g/mol. The van der Waals surface area contributed by atoms with Gasteiger partial charge in [0.2, 0.25) is 0 Å². The lowest BCUT2D eigenvalue weighted by atomic mass is 9.98. The molecule has 0 saturated carbocycles. The lowest BCUT2D eigenvalue weighted by Crippen LogP contribution is -1.96. The van der Waals surface area contributed by atoms with Crippen LogP contribution in [0.3, 0.4) is 0 Å². The minimum absolute atomic E-state index is 0.453. The van der Waals surface area contributed by atoms with E-state index in [0.29, 0.717) is 5.92 Å². The van der Waals surface area contributed by atoms with E-state index in [1.165, 1.54) is 10.4 Å². The van der Waals surface area contributed by atoms with Gasteiger partial charge < -0.3 is 4.74 Å². The first-order valence-electron chi connectivity index (χ1n) is 6.16. The average Bonchev–Trinajstić information content (AvgIpc) is 2.67. The zero-order valence-corrected chi connectivity index (χ0v) is 12.4. The van der Waals surface area contributed by atoms with E-state index in [9.17, 15) is 0 Å². The molecule has 18 heavy (non-hydrogen) atoms. The first-order chi connectivity index (χ1) is 8.54. The van der Waals surface area contributed by atoms with Crippen LogP contribution in [0.1, 0.15) is 36.0 Å². The number of rotatable bonds is 3. The van der Waals surface area contributed by atoms with E-state index in [1.807, 2.05) is 6.92 Å². The molecule has 0 aliphatic rings. The maximum atomic E-state index is 5.64. The van der Waals surface area contributed by atoms with Gasteiger partial charge in [0.15, 0.2) is 0 Å². The molecule has 0 saturated heterocycles. The summed E-state index contributed by atoms with van der Waals surface area (Å²) in [4.78, 5) is 5.72. The predicted octanol–water partition coefficient (Wildman–Crippen LogP) is 4.56. The lowest BCUT2D eigenvalue weighted by molar-refractivity contribution is 0.409. The zero-order valence-electron chi connectivity index (χ0n) is 11.6. The lowest BCUT2D eigenvalue weighted by Gasteiger charge is -2.15. The van der Waals surface area contributed by atoms with Gasteiger partial charge in [-0.3, -0.25) is 0 Å². The summed E-state index contributed by atoms with van der Waals surface area (Å²) in [6.07, 6.45) is 0. The number of methoxy groups -OCH3 is 1. The number of hydrogen-bond acceptors (Lipinski definition) is 3. The Morgan fingerprint density at radius 2 is 1.94 bits per heavy atom. The minimum atomic E-state index is 0.453. The molecular formula is C15H19NOS. The van der Waals surface area contributed by atoms with Gasteiger partial charge in [-0.25, -0.2) is 4.98 Å². The second-order valence-electron chi connectivity index (χ2n) is 4.73. The SMILES string of the molecule is COc1c(-c2sc(C)nc2C)cccc1C(C)C. The fraction of sp³-hybridized carbons (Fsp3) is 0.400. The zero-order chi connectivity index (χ0) is 13.3. The summed E-state index contributed by atoms with van der Waals surface area (Å²) in [5, 5.41) is 1.10. The van der Waals surface area contributed by atoms with Crippen molar-refractivity contribution in [3.63, 3.8) is 0 Å². The Balaban J connectivity index is 2.64. The predicted molar refractivity (Wildman–Crippen MR) is 77.7 cm³/mol. The molecule has 1 aromatic carbocycles. The standard InChI is InChI=1S/C15H19NOS/c1-9(2)12-7-6-8-13(14(12)17-5)15-10(3)16-11(4)18-15/h6-9H,1-5H3. The topological polar surface area (TPSA) is 22.1 Å². The third-order valence-corrected chi connectivity index (χ3v) is 4.13. The van der Waals surface area contributed by atoms with Crippen LogP contribution in [0.25, 0.3) is 10.4 Å². The van der Waals surface area contributed by atoms with Crippen molar-refractivity contribution in [1.82, 2.24) is 4.98 Å². The van der Waals surface area contributed by atoms with Gasteiger partial charge in [0.25, 0.3) is 0 Å². The van der Waals surface area contributed by atoms with Gasteiger partial charge >= 0.3 is 0 Å². The van der Waals surface area contributed by atoms with E-state index in [4.69, 9.17) is 4.74 Å². The van der Waals surface area contributed by atoms with Crippen LogP contribution in [0.4, 0.5) is 0 Å². The summed E-state index contributed by atoms with van der Waals surface area (Å²) in [6.45, 7) is 8.47. The number of aromatic nitrogens is 1. The molecular weight excluding hydrogens is 242 g/mol. The van der Waals surface area contributed by atoms with E-state index in [2.05, 4.69) is 44.0 Å². The number of nitrogens with zero attached hydrogens (tertiary/aromatic N) is 1. The normalized spacial score (nSPS) is 11.0. The van der Waals surface area contributed by atoms with Crippen LogP contribution < -0.4 is 4.74 Å². The number of ether oxygens (including phenoxy) is 1. The fourth-order valence-corrected chi connectivity index (χ4v) is 3.14. The van der Waals surface area contributed by atoms with Crippen LogP contribution in [0, 0.1) is 13.8 Å². The Hall–Kier alpha value is -1.35. The van der Waals surface area contributed by atoms with Crippen LogP contribution in [0.5, 0.6) is 5.75 Å². The highest BCUT2D eigenvalue weighted by Gasteiger charge is 2.16. The molecule has 2 rings (SSSR count). The van der Waals surface area contributed by atoms with E-state index >= 15 is 0 Å². The van der Waals surface area contributed by atoms with Crippen LogP contribution >= 0.6 is 11.3 Å². The van der Waals surface area contributed by atoms with Crippen molar-refractivity contribution >= 4 is 11.3 Å². The quantitative estimate of drug-likeness (QED) is 0.808. The first-order valence-corrected chi connectivity index (χ1v) is 6.97. The molecule has 0 radical (unpaired) electrons. The van der Waals surface area contributed by atoms with Crippen LogP contribution in [-0.4, -0.2) is 12.1 Å². The maximum Gasteiger partial charge on any atom is 0.131 e. The van der Waals surface area contributed by atoms with Gasteiger partial charge in [-0.2, -0.15) is 0 Å². The van der Waals surface area contributed by atoms with Crippen molar-refractivity contribution in [3.8, 4) is 16.2 Å². The molecule has 2 aromatic rings. The third kappa shape index (κ3) is 2.27. The Bertz CT molecular complexity index is 558. The first kappa shape index (κ1) is 13.1. The molecule has 0 atom stereocenters. The molecule has 0 amide bonds. The summed E-state index contributed by atoms with van der Waals surface area (Å²) in [5.74, 6) is 1.44. The highest BCUT2D eigenvalue weighted by Crippen LogP contribution is 2.40. The third-order valence-electron chi connectivity index (χ3n) is 3.02. The maximum absolute atomic E-state index is 5.64. The van der Waals surface area contributed by atoms with Crippen LogP contribution in [-0.2, 0) is 0 Å². The molecule has 0 aliphatic carbocycles. The fourth-order valence-electron chi connectivity index (χ4n) is 2.20. The van der Waals surface area contributed by atoms with Crippen molar-refractivity contribution in [2.75, 3.05) is 7.11 Å². The van der Waals surface area contributed by atoms with Crippen molar-refractivity contribution < 1.29 is 4.74 Å². The van der Waals surface area contributed by atoms with E-state index in [1.54, 1.807) is 18.4 Å². The van der Waals surface area contributed by atoms with Gasteiger partial charge in [-0.05, 0) is 31.4 Å². The second kappa shape index (κ2) is 5.11. The van der Waals surface area contributed by atoms with Gasteiger partial charge in [-0.15, -0.1) is 11.3 Å². The number of aryl methyl sites for hydroxylation is 2. The number of hydrogen-bond donors (Lipinski definition) is 0.